The Morgan fingerprint density at radius 2 is 1.90 bits per heavy atom. The normalized spacial score (nSPS) is 26.7. The molecule has 2 heterocycles. The third-order valence-electron chi connectivity index (χ3n) is 6.30. The second kappa shape index (κ2) is 7.51. The molecule has 3 unspecified atom stereocenters. The van der Waals surface area contributed by atoms with Crippen LogP contribution >= 0.6 is 23.2 Å². The van der Waals surface area contributed by atoms with Gasteiger partial charge in [0.2, 0.25) is 11.8 Å². The Bertz CT molecular complexity index is 1030. The highest BCUT2D eigenvalue weighted by Gasteiger charge is 2.59. The fourth-order valence-corrected chi connectivity index (χ4v) is 5.26. The molecule has 3 atom stereocenters. The number of nitrogens with one attached hydrogen (secondary N) is 2. The van der Waals surface area contributed by atoms with Crippen molar-refractivity contribution in [1.82, 2.24) is 5.32 Å². The summed E-state index contributed by atoms with van der Waals surface area (Å²) >= 11 is 12.5. The van der Waals surface area contributed by atoms with E-state index in [4.69, 9.17) is 23.2 Å². The maximum absolute atomic E-state index is 13.7. The molecule has 1 spiro atoms. The van der Waals surface area contributed by atoms with E-state index < -0.39 is 5.41 Å². The number of carbonyl (C=O) groups is 2. The minimum atomic E-state index is -0.944. The molecule has 0 radical (unpaired) electrons. The first-order chi connectivity index (χ1) is 13.9. The zero-order chi connectivity index (χ0) is 20.8. The van der Waals surface area contributed by atoms with Crippen LogP contribution in [0.1, 0.15) is 37.3 Å². The Morgan fingerprint density at radius 3 is 2.62 bits per heavy atom. The van der Waals surface area contributed by atoms with Crippen LogP contribution in [0.5, 0.6) is 0 Å². The summed E-state index contributed by atoms with van der Waals surface area (Å²) in [6.07, 6.45) is 2.23. The van der Waals surface area contributed by atoms with E-state index in [0.717, 1.165) is 16.7 Å². The predicted octanol–water partition coefficient (Wildman–Crippen LogP) is 5.07. The molecule has 4 nitrogen and oxygen atoms in total. The number of amides is 2. The van der Waals surface area contributed by atoms with Crippen LogP contribution in [0.3, 0.4) is 0 Å². The first-order valence-corrected chi connectivity index (χ1v) is 10.4. The average molecular weight is 429 g/mol. The number of hydrogen-bond acceptors (Lipinski definition) is 2. The number of benzene rings is 2. The maximum atomic E-state index is 13.7. The molecule has 0 bridgehead atoms. The summed E-state index contributed by atoms with van der Waals surface area (Å²) in [6.45, 7) is 4.28. The van der Waals surface area contributed by atoms with Gasteiger partial charge in [-0.2, -0.15) is 0 Å². The van der Waals surface area contributed by atoms with Gasteiger partial charge in [0.15, 0.2) is 0 Å². The second-order valence-corrected chi connectivity index (χ2v) is 8.59. The molecule has 0 aromatic heterocycles. The minimum absolute atomic E-state index is 0.0599. The molecule has 2 aromatic rings. The van der Waals surface area contributed by atoms with Crippen molar-refractivity contribution in [3.8, 4) is 0 Å². The molecule has 150 valence electrons. The quantitative estimate of drug-likeness (QED) is 0.655. The first kappa shape index (κ1) is 20.0. The van der Waals surface area contributed by atoms with Crippen LogP contribution in [0.25, 0.3) is 0 Å². The van der Waals surface area contributed by atoms with Gasteiger partial charge in [0, 0.05) is 40.5 Å². The highest BCUT2D eigenvalue weighted by Crippen LogP contribution is 2.55. The van der Waals surface area contributed by atoms with Gasteiger partial charge in [-0.15, -0.1) is 0 Å². The molecule has 2 amide bonds. The lowest BCUT2D eigenvalue weighted by molar-refractivity contribution is -0.124. The van der Waals surface area contributed by atoms with E-state index in [0.29, 0.717) is 22.3 Å². The topological polar surface area (TPSA) is 58.2 Å². The highest BCUT2D eigenvalue weighted by atomic mass is 35.5. The molecular weight excluding hydrogens is 407 g/mol. The van der Waals surface area contributed by atoms with Crippen LogP contribution in [0.15, 0.2) is 54.1 Å². The summed E-state index contributed by atoms with van der Waals surface area (Å²) in [6, 6.07) is 13.0. The van der Waals surface area contributed by atoms with Crippen LogP contribution in [0, 0.1) is 5.92 Å². The molecule has 2 aliphatic heterocycles. The lowest BCUT2D eigenvalue weighted by Gasteiger charge is -2.41. The van der Waals surface area contributed by atoms with Gasteiger partial charge in [0.05, 0.1) is 5.41 Å². The standard InChI is InChI=1S/C23H22Cl2N2O2/c1-3-13(2)18-11-21(28)26-12-19(14-5-4-6-15(24)9-14)23(18)17-8-7-16(25)10-20(17)27-22(23)29/h3-10,18-19H,11-12H2,1-2H3,(H,26,28)(H,27,29)/b13-3+. The van der Waals surface area contributed by atoms with Crippen molar-refractivity contribution in [2.45, 2.75) is 31.6 Å². The number of rotatable bonds is 2. The molecule has 4 rings (SSSR count). The number of anilines is 1. The van der Waals surface area contributed by atoms with Crippen LogP contribution in [0.4, 0.5) is 5.69 Å². The zero-order valence-electron chi connectivity index (χ0n) is 16.3. The fourth-order valence-electron chi connectivity index (χ4n) is 4.88. The molecule has 1 saturated heterocycles. The number of hydrogen-bond donors (Lipinski definition) is 2. The van der Waals surface area contributed by atoms with E-state index in [1.54, 1.807) is 12.1 Å². The van der Waals surface area contributed by atoms with Crippen molar-refractivity contribution >= 4 is 40.7 Å². The third kappa shape index (κ3) is 3.15. The minimum Gasteiger partial charge on any atom is -0.355 e. The predicted molar refractivity (Wildman–Crippen MR) is 117 cm³/mol. The Morgan fingerprint density at radius 1 is 1.14 bits per heavy atom. The van der Waals surface area contributed by atoms with Gasteiger partial charge in [-0.05, 0) is 49.2 Å². The number of halogens is 2. The van der Waals surface area contributed by atoms with E-state index in [9.17, 15) is 9.59 Å². The summed E-state index contributed by atoms with van der Waals surface area (Å²) in [5.74, 6) is -0.742. The first-order valence-electron chi connectivity index (χ1n) is 9.64. The molecule has 2 N–H and O–H groups in total. The molecule has 29 heavy (non-hydrogen) atoms. The van der Waals surface area contributed by atoms with Gasteiger partial charge >= 0.3 is 0 Å². The molecule has 2 aromatic carbocycles. The van der Waals surface area contributed by atoms with E-state index in [2.05, 4.69) is 10.6 Å². The second-order valence-electron chi connectivity index (χ2n) is 7.71. The van der Waals surface area contributed by atoms with Gasteiger partial charge < -0.3 is 10.6 Å². The highest BCUT2D eigenvalue weighted by molar-refractivity contribution is 6.31. The lowest BCUT2D eigenvalue weighted by Crippen LogP contribution is -2.48. The van der Waals surface area contributed by atoms with Crippen molar-refractivity contribution in [2.75, 3.05) is 11.9 Å². The molecule has 2 aliphatic rings. The van der Waals surface area contributed by atoms with E-state index in [1.165, 1.54) is 0 Å². The number of allylic oxidation sites excluding steroid dienone is 2. The summed E-state index contributed by atoms with van der Waals surface area (Å²) in [5.41, 5.74) is 2.57. The average Bonchev–Trinajstić information content (AvgIpc) is 2.86. The van der Waals surface area contributed by atoms with Crippen LogP contribution < -0.4 is 10.6 Å². The summed E-state index contributed by atoms with van der Waals surface area (Å²) in [5, 5.41) is 7.22. The van der Waals surface area contributed by atoms with Crippen LogP contribution in [0.2, 0.25) is 10.0 Å². The number of fused-ring (bicyclic) bond motifs is 2. The molecule has 0 saturated carbocycles. The van der Waals surface area contributed by atoms with Crippen molar-refractivity contribution in [3.05, 3.63) is 75.3 Å². The Balaban J connectivity index is 2.04. The molecule has 1 fully saturated rings. The smallest absolute Gasteiger partial charge is 0.236 e. The Kier molecular flexibility index (Phi) is 5.18. The zero-order valence-corrected chi connectivity index (χ0v) is 17.8. The van der Waals surface area contributed by atoms with Crippen molar-refractivity contribution in [3.63, 3.8) is 0 Å². The van der Waals surface area contributed by atoms with E-state index >= 15 is 0 Å². The Labute approximate surface area is 180 Å². The van der Waals surface area contributed by atoms with Crippen molar-refractivity contribution in [1.29, 1.82) is 0 Å². The summed E-state index contributed by atoms with van der Waals surface area (Å²) in [7, 11) is 0. The van der Waals surface area contributed by atoms with Crippen LogP contribution in [-0.2, 0) is 15.0 Å². The third-order valence-corrected chi connectivity index (χ3v) is 6.77. The van der Waals surface area contributed by atoms with Gasteiger partial charge in [-0.3, -0.25) is 9.59 Å². The largest absolute Gasteiger partial charge is 0.355 e. The van der Waals surface area contributed by atoms with Crippen LogP contribution in [-0.4, -0.2) is 18.4 Å². The van der Waals surface area contributed by atoms with Gasteiger partial charge in [-0.1, -0.05) is 53.1 Å². The van der Waals surface area contributed by atoms with E-state index in [-0.39, 0.29) is 30.1 Å². The van der Waals surface area contributed by atoms with Crippen molar-refractivity contribution in [2.24, 2.45) is 5.92 Å². The van der Waals surface area contributed by atoms with E-state index in [1.807, 2.05) is 50.3 Å². The van der Waals surface area contributed by atoms with Gasteiger partial charge in [0.25, 0.3) is 0 Å². The molecule has 0 aliphatic carbocycles. The summed E-state index contributed by atoms with van der Waals surface area (Å²) in [4.78, 5) is 26.4. The summed E-state index contributed by atoms with van der Waals surface area (Å²) < 4.78 is 0. The molecular formula is C23H22Cl2N2O2. The lowest BCUT2D eigenvalue weighted by atomic mass is 9.59. The molecule has 6 heteroatoms. The Hall–Kier alpha value is -2.30. The maximum Gasteiger partial charge on any atom is 0.236 e. The van der Waals surface area contributed by atoms with Crippen molar-refractivity contribution < 1.29 is 9.59 Å². The van der Waals surface area contributed by atoms with Gasteiger partial charge in [-0.25, -0.2) is 0 Å². The van der Waals surface area contributed by atoms with Gasteiger partial charge in [0.1, 0.15) is 0 Å². The SMILES string of the molecule is C/C=C(\C)C1CC(=O)NCC(c2cccc(Cl)c2)C12C(=O)Nc1cc(Cl)ccc12. The number of carbonyl (C=O) groups excluding carboxylic acids is 2. The fraction of sp³-hybridized carbons (Fsp3) is 0.304. The monoisotopic (exact) mass is 428 g/mol.